The van der Waals surface area contributed by atoms with Crippen LogP contribution in [0.2, 0.25) is 0 Å². The topological polar surface area (TPSA) is 60.4 Å². The van der Waals surface area contributed by atoms with E-state index in [4.69, 9.17) is 0 Å². The zero-order valence-electron chi connectivity index (χ0n) is 10.9. The van der Waals surface area contributed by atoms with Gasteiger partial charge in [-0.25, -0.2) is 13.2 Å². The number of carbonyl (C=O) groups is 1. The van der Waals surface area contributed by atoms with Gasteiger partial charge >= 0.3 is 5.97 Å². The summed E-state index contributed by atoms with van der Waals surface area (Å²) in [5, 5.41) is 0. The zero-order chi connectivity index (χ0) is 13.7. The number of sulfone groups is 1. The molecule has 98 valence electrons. The molecular formula is C13H16O4S. The van der Waals surface area contributed by atoms with E-state index < -0.39 is 21.2 Å². The van der Waals surface area contributed by atoms with E-state index >= 15 is 0 Å². The van der Waals surface area contributed by atoms with Gasteiger partial charge in [0.2, 0.25) is 0 Å². The maximum atomic E-state index is 12.1. The number of rotatable bonds is 1. The number of methoxy groups -OCH3 is 1. The van der Waals surface area contributed by atoms with Crippen molar-refractivity contribution in [1.82, 2.24) is 0 Å². The fourth-order valence-electron chi connectivity index (χ4n) is 2.43. The Morgan fingerprint density at radius 2 is 1.94 bits per heavy atom. The fraction of sp³-hybridized carbons (Fsp3) is 0.462. The molecule has 0 amide bonds. The molecule has 0 atom stereocenters. The van der Waals surface area contributed by atoms with Crippen molar-refractivity contribution in [2.45, 2.75) is 31.1 Å². The molecule has 1 aliphatic rings. The molecule has 0 saturated heterocycles. The highest BCUT2D eigenvalue weighted by atomic mass is 32.2. The average molecular weight is 268 g/mol. The molecule has 0 aliphatic carbocycles. The Kier molecular flexibility index (Phi) is 2.77. The molecule has 0 aromatic heterocycles. The Hall–Kier alpha value is -1.36. The molecule has 0 spiro atoms. The fourth-order valence-corrected chi connectivity index (χ4v) is 4.66. The predicted molar refractivity (Wildman–Crippen MR) is 67.6 cm³/mol. The van der Waals surface area contributed by atoms with E-state index in [2.05, 4.69) is 4.74 Å². The summed E-state index contributed by atoms with van der Waals surface area (Å²) in [7, 11) is -2.02. The summed E-state index contributed by atoms with van der Waals surface area (Å²) in [6.07, 6.45) is 0. The first kappa shape index (κ1) is 13.1. The van der Waals surface area contributed by atoms with Crippen LogP contribution in [-0.4, -0.2) is 27.2 Å². The van der Waals surface area contributed by atoms with E-state index in [0.717, 1.165) is 11.1 Å². The van der Waals surface area contributed by atoms with E-state index in [1.54, 1.807) is 13.0 Å². The summed E-state index contributed by atoms with van der Waals surface area (Å²) in [5.41, 5.74) is 1.43. The van der Waals surface area contributed by atoms with E-state index in [1.807, 2.05) is 13.8 Å². The van der Waals surface area contributed by atoms with Crippen LogP contribution in [0.25, 0.3) is 0 Å². The van der Waals surface area contributed by atoms with E-state index in [0.29, 0.717) is 5.56 Å². The zero-order valence-corrected chi connectivity index (χ0v) is 11.7. The standard InChI is InChI=1S/C13H16O4S/c1-8-5-10-11(6-9(8)12(14)17-4)18(15,16)7-13(10,2)3/h5-6H,7H2,1-4H3. The number of benzene rings is 1. The lowest BCUT2D eigenvalue weighted by molar-refractivity contribution is 0.0599. The van der Waals surface area contributed by atoms with E-state index in [1.165, 1.54) is 13.2 Å². The normalized spacial score (nSPS) is 19.3. The number of carbonyl (C=O) groups excluding carboxylic acids is 1. The van der Waals surface area contributed by atoms with E-state index in [9.17, 15) is 13.2 Å². The van der Waals surface area contributed by atoms with Crippen LogP contribution in [0.15, 0.2) is 17.0 Å². The third kappa shape index (κ3) is 1.82. The predicted octanol–water partition coefficient (Wildman–Crippen LogP) is 1.85. The second-order valence-electron chi connectivity index (χ2n) is 5.30. The summed E-state index contributed by atoms with van der Waals surface area (Å²) < 4.78 is 28.8. The second-order valence-corrected chi connectivity index (χ2v) is 7.26. The first-order chi connectivity index (χ1) is 8.19. The highest BCUT2D eigenvalue weighted by Crippen LogP contribution is 2.40. The Balaban J connectivity index is 2.75. The summed E-state index contributed by atoms with van der Waals surface area (Å²) in [5.74, 6) is -0.422. The number of aryl methyl sites for hydroxylation is 1. The lowest BCUT2D eigenvalue weighted by Gasteiger charge is -2.17. The summed E-state index contributed by atoms with van der Waals surface area (Å²) >= 11 is 0. The van der Waals surface area contributed by atoms with Crippen LogP contribution in [0, 0.1) is 6.92 Å². The van der Waals surface area contributed by atoms with Gasteiger partial charge in [0, 0.05) is 5.41 Å². The van der Waals surface area contributed by atoms with Crippen LogP contribution >= 0.6 is 0 Å². The molecule has 1 aliphatic heterocycles. The molecule has 0 bridgehead atoms. The van der Waals surface area contributed by atoms with Crippen molar-refractivity contribution in [2.75, 3.05) is 12.9 Å². The van der Waals surface area contributed by atoms with Crippen LogP contribution in [0.3, 0.4) is 0 Å². The Morgan fingerprint density at radius 1 is 1.33 bits per heavy atom. The first-order valence-electron chi connectivity index (χ1n) is 5.65. The molecule has 1 aromatic rings. The number of hydrogen-bond donors (Lipinski definition) is 0. The minimum absolute atomic E-state index is 0.0827. The van der Waals surface area contributed by atoms with Gasteiger partial charge in [0.1, 0.15) is 0 Å². The quantitative estimate of drug-likeness (QED) is 0.729. The van der Waals surface area contributed by atoms with Crippen molar-refractivity contribution in [2.24, 2.45) is 0 Å². The third-order valence-corrected chi connectivity index (χ3v) is 5.46. The third-order valence-electron chi connectivity index (χ3n) is 3.35. The highest BCUT2D eigenvalue weighted by molar-refractivity contribution is 7.91. The molecule has 1 aromatic carbocycles. The number of ether oxygens (including phenoxy) is 1. The number of hydrogen-bond acceptors (Lipinski definition) is 4. The Labute approximate surface area is 107 Å². The lowest BCUT2D eigenvalue weighted by atomic mass is 9.85. The molecular weight excluding hydrogens is 252 g/mol. The molecule has 0 fully saturated rings. The van der Waals surface area contributed by atoms with Gasteiger partial charge in [-0.3, -0.25) is 0 Å². The lowest BCUT2D eigenvalue weighted by Crippen LogP contribution is -2.19. The maximum Gasteiger partial charge on any atom is 0.338 e. The molecule has 0 unspecified atom stereocenters. The highest BCUT2D eigenvalue weighted by Gasteiger charge is 2.41. The minimum Gasteiger partial charge on any atom is -0.465 e. The van der Waals surface area contributed by atoms with Crippen molar-refractivity contribution in [3.63, 3.8) is 0 Å². The number of fused-ring (bicyclic) bond motifs is 1. The SMILES string of the molecule is COC(=O)c1cc2c(cc1C)C(C)(C)CS2(=O)=O. The Bertz CT molecular complexity index is 627. The van der Waals surface area contributed by atoms with Crippen LogP contribution in [0.1, 0.15) is 35.3 Å². The minimum atomic E-state index is -3.30. The Morgan fingerprint density at radius 3 is 2.50 bits per heavy atom. The van der Waals surface area contributed by atoms with Gasteiger partial charge in [-0.15, -0.1) is 0 Å². The number of esters is 1. The molecule has 4 nitrogen and oxygen atoms in total. The smallest absolute Gasteiger partial charge is 0.338 e. The average Bonchev–Trinajstić information content (AvgIpc) is 2.42. The van der Waals surface area contributed by atoms with Crippen LogP contribution in [0.4, 0.5) is 0 Å². The van der Waals surface area contributed by atoms with Crippen LogP contribution in [0.5, 0.6) is 0 Å². The monoisotopic (exact) mass is 268 g/mol. The van der Waals surface area contributed by atoms with Gasteiger partial charge in [0.05, 0.1) is 23.3 Å². The summed E-state index contributed by atoms with van der Waals surface area (Å²) in [6.45, 7) is 5.58. The van der Waals surface area contributed by atoms with Crippen LogP contribution in [-0.2, 0) is 20.0 Å². The molecule has 5 heteroatoms. The molecule has 2 rings (SSSR count). The van der Waals surface area contributed by atoms with Gasteiger partial charge < -0.3 is 4.74 Å². The van der Waals surface area contributed by atoms with Gasteiger partial charge in [-0.2, -0.15) is 0 Å². The maximum absolute atomic E-state index is 12.1. The van der Waals surface area contributed by atoms with Crippen molar-refractivity contribution in [1.29, 1.82) is 0 Å². The second kappa shape index (κ2) is 3.82. The first-order valence-corrected chi connectivity index (χ1v) is 7.30. The summed E-state index contributed by atoms with van der Waals surface area (Å²) in [4.78, 5) is 11.9. The van der Waals surface area contributed by atoms with Gasteiger partial charge in [0.15, 0.2) is 9.84 Å². The van der Waals surface area contributed by atoms with Crippen LogP contribution < -0.4 is 0 Å². The molecule has 0 N–H and O–H groups in total. The van der Waals surface area contributed by atoms with Crippen molar-refractivity contribution >= 4 is 15.8 Å². The van der Waals surface area contributed by atoms with Crippen molar-refractivity contribution in [3.8, 4) is 0 Å². The van der Waals surface area contributed by atoms with Crippen molar-refractivity contribution < 1.29 is 17.9 Å². The molecule has 0 saturated carbocycles. The van der Waals surface area contributed by atoms with E-state index in [-0.39, 0.29) is 10.6 Å². The largest absolute Gasteiger partial charge is 0.465 e. The molecule has 0 radical (unpaired) electrons. The molecule has 18 heavy (non-hydrogen) atoms. The summed E-state index contributed by atoms with van der Waals surface area (Å²) in [6, 6.07) is 3.23. The van der Waals surface area contributed by atoms with Crippen molar-refractivity contribution in [3.05, 3.63) is 28.8 Å². The van der Waals surface area contributed by atoms with Gasteiger partial charge in [-0.05, 0) is 24.1 Å². The molecule has 1 heterocycles. The van der Waals surface area contributed by atoms with Gasteiger partial charge in [-0.1, -0.05) is 19.9 Å². The van der Waals surface area contributed by atoms with Gasteiger partial charge in [0.25, 0.3) is 0 Å².